The minimum atomic E-state index is -0.0753. The molecule has 0 unspecified atom stereocenters. The molecule has 4 rings (SSSR count). The topological polar surface area (TPSA) is 50.2 Å². The molecule has 0 radical (unpaired) electrons. The summed E-state index contributed by atoms with van der Waals surface area (Å²) in [5.41, 5.74) is 4.15. The highest BCUT2D eigenvalue weighted by Crippen LogP contribution is 2.32. The number of nitrogens with one attached hydrogen (secondary N) is 1. The molecule has 0 aliphatic carbocycles. The zero-order valence-corrected chi connectivity index (χ0v) is 17.0. The number of hydrogen-bond donors (Lipinski definition) is 1. The van der Waals surface area contributed by atoms with Crippen LogP contribution in [0.15, 0.2) is 60.7 Å². The molecule has 0 saturated carbocycles. The van der Waals surface area contributed by atoms with Crippen LogP contribution in [0.25, 0.3) is 16.0 Å². The van der Waals surface area contributed by atoms with Crippen molar-refractivity contribution in [1.82, 2.24) is 14.9 Å². The SMILES string of the molecule is Cc1ccc(-n2c(N(C)C)nc3cc(C(=O)NCc4ccccc4)sc32)cc1. The summed E-state index contributed by atoms with van der Waals surface area (Å²) in [5.74, 6) is 0.773. The molecular formula is C22H22N4OS. The van der Waals surface area contributed by atoms with Crippen molar-refractivity contribution in [3.05, 3.63) is 76.7 Å². The van der Waals surface area contributed by atoms with Gasteiger partial charge >= 0.3 is 0 Å². The second-order valence-electron chi connectivity index (χ2n) is 6.95. The number of imidazole rings is 1. The van der Waals surface area contributed by atoms with Gasteiger partial charge in [-0.2, -0.15) is 0 Å². The third-order valence-corrected chi connectivity index (χ3v) is 5.64. The van der Waals surface area contributed by atoms with Crippen LogP contribution in [0.5, 0.6) is 0 Å². The molecule has 0 saturated heterocycles. The molecule has 0 aliphatic heterocycles. The Hall–Kier alpha value is -3.12. The van der Waals surface area contributed by atoms with Crippen molar-refractivity contribution in [2.45, 2.75) is 13.5 Å². The van der Waals surface area contributed by atoms with Gasteiger partial charge in [-0.25, -0.2) is 4.98 Å². The van der Waals surface area contributed by atoms with Crippen molar-refractivity contribution < 1.29 is 4.79 Å². The lowest BCUT2D eigenvalue weighted by Crippen LogP contribution is -2.21. The van der Waals surface area contributed by atoms with Crippen molar-refractivity contribution in [3.8, 4) is 5.69 Å². The summed E-state index contributed by atoms with van der Waals surface area (Å²) in [5, 5.41) is 2.99. The van der Waals surface area contributed by atoms with E-state index in [9.17, 15) is 4.79 Å². The maximum Gasteiger partial charge on any atom is 0.261 e. The fourth-order valence-corrected chi connectivity index (χ4v) is 4.10. The number of carbonyl (C=O) groups excluding carboxylic acids is 1. The number of fused-ring (bicyclic) bond motifs is 1. The van der Waals surface area contributed by atoms with Crippen LogP contribution in [0.2, 0.25) is 0 Å². The molecule has 0 fully saturated rings. The quantitative estimate of drug-likeness (QED) is 0.550. The molecule has 1 amide bonds. The molecule has 0 atom stereocenters. The van der Waals surface area contributed by atoms with Crippen molar-refractivity contribution in [3.63, 3.8) is 0 Å². The number of aromatic nitrogens is 2. The number of hydrogen-bond acceptors (Lipinski definition) is 4. The Morgan fingerprint density at radius 2 is 1.82 bits per heavy atom. The Labute approximate surface area is 168 Å². The molecule has 2 aromatic carbocycles. The summed E-state index contributed by atoms with van der Waals surface area (Å²) in [7, 11) is 3.95. The fourth-order valence-electron chi connectivity index (χ4n) is 3.06. The lowest BCUT2D eigenvalue weighted by molar-refractivity contribution is 0.0955. The first kappa shape index (κ1) is 18.3. The molecular weight excluding hydrogens is 368 g/mol. The molecule has 0 bridgehead atoms. The van der Waals surface area contributed by atoms with Gasteiger partial charge < -0.3 is 10.2 Å². The van der Waals surface area contributed by atoms with Gasteiger partial charge in [0.25, 0.3) is 5.91 Å². The fraction of sp³-hybridized carbons (Fsp3) is 0.182. The number of aryl methyl sites for hydroxylation is 1. The molecule has 4 aromatic rings. The first-order chi connectivity index (χ1) is 13.5. The van der Waals surface area contributed by atoms with Crippen LogP contribution in [-0.2, 0) is 6.54 Å². The van der Waals surface area contributed by atoms with Crippen LogP contribution in [0.4, 0.5) is 5.95 Å². The van der Waals surface area contributed by atoms with E-state index in [1.807, 2.05) is 55.4 Å². The number of thiophene rings is 1. The number of nitrogens with zero attached hydrogens (tertiary/aromatic N) is 3. The second-order valence-corrected chi connectivity index (χ2v) is 7.98. The molecule has 2 heterocycles. The summed E-state index contributed by atoms with van der Waals surface area (Å²) in [6.45, 7) is 2.58. The minimum Gasteiger partial charge on any atom is -0.348 e. The van der Waals surface area contributed by atoms with E-state index in [2.05, 4.69) is 41.1 Å². The normalized spacial score (nSPS) is 11.0. The summed E-state index contributed by atoms with van der Waals surface area (Å²) in [4.78, 5) is 21.0. The maximum atomic E-state index is 12.6. The van der Waals surface area contributed by atoms with E-state index in [0.717, 1.165) is 27.5 Å². The predicted octanol–water partition coefficient (Wildman–Crippen LogP) is 4.39. The number of amides is 1. The van der Waals surface area contributed by atoms with Gasteiger partial charge in [0.15, 0.2) is 0 Å². The van der Waals surface area contributed by atoms with Gasteiger partial charge in [-0.3, -0.25) is 9.36 Å². The van der Waals surface area contributed by atoms with Gasteiger partial charge in [-0.15, -0.1) is 11.3 Å². The van der Waals surface area contributed by atoms with Gasteiger partial charge in [0.1, 0.15) is 10.3 Å². The lowest BCUT2D eigenvalue weighted by atomic mass is 10.2. The number of carbonyl (C=O) groups is 1. The largest absolute Gasteiger partial charge is 0.348 e. The monoisotopic (exact) mass is 390 g/mol. The van der Waals surface area contributed by atoms with Gasteiger partial charge in [-0.05, 0) is 30.7 Å². The van der Waals surface area contributed by atoms with E-state index in [-0.39, 0.29) is 5.91 Å². The Morgan fingerprint density at radius 1 is 1.11 bits per heavy atom. The average molecular weight is 391 g/mol. The highest BCUT2D eigenvalue weighted by atomic mass is 32.1. The van der Waals surface area contributed by atoms with Gasteiger partial charge in [-0.1, -0.05) is 48.0 Å². The number of anilines is 1. The molecule has 0 spiro atoms. The van der Waals surface area contributed by atoms with Crippen LogP contribution >= 0.6 is 11.3 Å². The molecule has 6 heteroatoms. The maximum absolute atomic E-state index is 12.6. The first-order valence-corrected chi connectivity index (χ1v) is 9.93. The van der Waals surface area contributed by atoms with Crippen molar-refractivity contribution in [2.75, 3.05) is 19.0 Å². The molecule has 5 nitrogen and oxygen atoms in total. The number of benzene rings is 2. The lowest BCUT2D eigenvalue weighted by Gasteiger charge is -2.15. The third kappa shape index (κ3) is 3.51. The third-order valence-electron chi connectivity index (χ3n) is 4.53. The van der Waals surface area contributed by atoms with E-state index in [0.29, 0.717) is 11.4 Å². The van der Waals surface area contributed by atoms with E-state index in [1.54, 1.807) is 0 Å². The summed E-state index contributed by atoms with van der Waals surface area (Å²) in [6, 6.07) is 20.1. The van der Waals surface area contributed by atoms with E-state index < -0.39 is 0 Å². The molecule has 1 N–H and O–H groups in total. The summed E-state index contributed by atoms with van der Waals surface area (Å²) >= 11 is 1.47. The van der Waals surface area contributed by atoms with Crippen molar-refractivity contribution in [2.24, 2.45) is 0 Å². The predicted molar refractivity (Wildman–Crippen MR) is 116 cm³/mol. The zero-order chi connectivity index (χ0) is 19.7. The van der Waals surface area contributed by atoms with E-state index in [4.69, 9.17) is 4.98 Å². The Bertz CT molecular complexity index is 1110. The highest BCUT2D eigenvalue weighted by molar-refractivity contribution is 7.20. The van der Waals surface area contributed by atoms with Crippen LogP contribution < -0.4 is 10.2 Å². The Morgan fingerprint density at radius 3 is 2.50 bits per heavy atom. The zero-order valence-electron chi connectivity index (χ0n) is 16.1. The molecule has 28 heavy (non-hydrogen) atoms. The Balaban J connectivity index is 1.67. The average Bonchev–Trinajstić information content (AvgIpc) is 3.26. The van der Waals surface area contributed by atoms with Crippen LogP contribution in [0, 0.1) is 6.92 Å². The number of rotatable bonds is 5. The van der Waals surface area contributed by atoms with Crippen LogP contribution in [-0.4, -0.2) is 29.6 Å². The minimum absolute atomic E-state index is 0.0753. The summed E-state index contributed by atoms with van der Waals surface area (Å²) < 4.78 is 2.10. The van der Waals surface area contributed by atoms with Crippen LogP contribution in [0.3, 0.4) is 0 Å². The van der Waals surface area contributed by atoms with Crippen LogP contribution in [0.1, 0.15) is 20.8 Å². The summed E-state index contributed by atoms with van der Waals surface area (Å²) in [6.07, 6.45) is 0. The highest BCUT2D eigenvalue weighted by Gasteiger charge is 2.19. The Kier molecular flexibility index (Phi) is 4.88. The molecule has 2 aromatic heterocycles. The first-order valence-electron chi connectivity index (χ1n) is 9.11. The van der Waals surface area contributed by atoms with E-state index in [1.165, 1.54) is 16.9 Å². The second kappa shape index (κ2) is 7.48. The van der Waals surface area contributed by atoms with Gasteiger partial charge in [0.05, 0.1) is 4.88 Å². The molecule has 142 valence electrons. The smallest absolute Gasteiger partial charge is 0.261 e. The molecule has 0 aliphatic rings. The van der Waals surface area contributed by atoms with Gasteiger partial charge in [0.2, 0.25) is 5.95 Å². The van der Waals surface area contributed by atoms with Crippen molar-refractivity contribution in [1.29, 1.82) is 0 Å². The van der Waals surface area contributed by atoms with Crippen molar-refractivity contribution >= 4 is 33.5 Å². The standard InChI is InChI=1S/C22H22N4OS/c1-15-9-11-17(12-10-15)26-21-18(24-22(26)25(2)3)13-19(28-21)20(27)23-14-16-7-5-4-6-8-16/h4-13H,14H2,1-3H3,(H,23,27). The van der Waals surface area contributed by atoms with E-state index >= 15 is 0 Å². The van der Waals surface area contributed by atoms with Gasteiger partial charge in [0, 0.05) is 26.3 Å².